The van der Waals surface area contributed by atoms with Crippen LogP contribution >= 0.6 is 0 Å². The molecule has 0 fully saturated rings. The number of hydrogen-bond acceptors (Lipinski definition) is 8. The second-order valence-electron chi connectivity index (χ2n) is 4.68. The van der Waals surface area contributed by atoms with Crippen LogP contribution in [0.25, 0.3) is 0 Å². The van der Waals surface area contributed by atoms with Crippen LogP contribution in [0.4, 0.5) is 0 Å². The molecular formula is C10H19N5O4. The van der Waals surface area contributed by atoms with Crippen molar-refractivity contribution in [3.8, 4) is 0 Å². The Hall–Kier alpha value is -1.55. The van der Waals surface area contributed by atoms with Crippen LogP contribution in [0, 0.1) is 0 Å². The third-order valence-electron chi connectivity index (χ3n) is 3.20. The molecule has 9 nitrogen and oxygen atoms in total. The van der Waals surface area contributed by atoms with Gasteiger partial charge < -0.3 is 36.6 Å². The first-order valence-electron chi connectivity index (χ1n) is 6.01. The zero-order chi connectivity index (χ0) is 14.2. The van der Waals surface area contributed by atoms with Crippen LogP contribution in [0.5, 0.6) is 0 Å². The van der Waals surface area contributed by atoms with Crippen LogP contribution in [0.15, 0.2) is 11.5 Å². The van der Waals surface area contributed by atoms with Gasteiger partial charge in [0, 0.05) is 0 Å². The van der Waals surface area contributed by atoms with E-state index in [4.69, 9.17) is 5.73 Å². The molecule has 9 N–H and O–H groups in total. The zero-order valence-corrected chi connectivity index (χ0v) is 10.4. The summed E-state index contributed by atoms with van der Waals surface area (Å²) in [4.78, 5) is 11.8. The predicted molar refractivity (Wildman–Crippen MR) is 64.9 cm³/mol. The summed E-state index contributed by atoms with van der Waals surface area (Å²) in [7, 11) is 0. The van der Waals surface area contributed by atoms with E-state index in [1.54, 1.807) is 0 Å². The van der Waals surface area contributed by atoms with Crippen LogP contribution in [0.3, 0.4) is 0 Å². The summed E-state index contributed by atoms with van der Waals surface area (Å²) in [6.45, 7) is 1.15. The van der Waals surface area contributed by atoms with Crippen LogP contribution in [-0.4, -0.2) is 58.4 Å². The first-order chi connectivity index (χ1) is 8.93. The lowest BCUT2D eigenvalue weighted by molar-refractivity contribution is -0.120. The summed E-state index contributed by atoms with van der Waals surface area (Å²) < 4.78 is 0. The van der Waals surface area contributed by atoms with E-state index in [2.05, 4.69) is 21.3 Å². The SMILES string of the molecule is C[C@H](O)[C@H](O)[C@@H]1NC2=C(NC(N)NC2=O)NC1CO. The standard InChI is InChI=1S/C10H19N5O4/c1-3(17)7(18)5-4(2-16)12-8-6(13-5)9(19)15-10(11)14-8/h3-5,7,10,12-14,16-18H,2,11H2,1H3,(H,15,19)/t3-,4?,5+,7-,10?/m0/s1. The Bertz CT molecular complexity index is 399. The van der Waals surface area contributed by atoms with Crippen LogP contribution in [0.2, 0.25) is 0 Å². The van der Waals surface area contributed by atoms with Crippen LogP contribution in [-0.2, 0) is 4.79 Å². The van der Waals surface area contributed by atoms with E-state index in [0.717, 1.165) is 0 Å². The molecule has 0 bridgehead atoms. The maximum atomic E-state index is 11.8. The van der Waals surface area contributed by atoms with E-state index >= 15 is 0 Å². The van der Waals surface area contributed by atoms with Gasteiger partial charge in [-0.25, -0.2) is 0 Å². The lowest BCUT2D eigenvalue weighted by atomic mass is 9.96. The van der Waals surface area contributed by atoms with Gasteiger partial charge in [-0.15, -0.1) is 0 Å². The summed E-state index contributed by atoms with van der Waals surface area (Å²) >= 11 is 0. The highest BCUT2D eigenvalue weighted by molar-refractivity contribution is 5.94. The van der Waals surface area contributed by atoms with Crippen molar-refractivity contribution in [2.75, 3.05) is 6.61 Å². The van der Waals surface area contributed by atoms with Crippen molar-refractivity contribution in [2.45, 2.75) is 37.5 Å². The minimum absolute atomic E-state index is 0.191. The lowest BCUT2D eigenvalue weighted by Crippen LogP contribution is -2.69. The normalized spacial score (nSPS) is 33.3. The van der Waals surface area contributed by atoms with Gasteiger partial charge in [0.25, 0.3) is 5.91 Å². The Morgan fingerprint density at radius 1 is 1.26 bits per heavy atom. The van der Waals surface area contributed by atoms with Crippen molar-refractivity contribution >= 4 is 5.91 Å². The first kappa shape index (κ1) is 13.9. The average Bonchev–Trinajstić information content (AvgIpc) is 2.36. The molecule has 0 radical (unpaired) electrons. The summed E-state index contributed by atoms with van der Waals surface area (Å²) in [5.74, 6) is -0.0581. The van der Waals surface area contributed by atoms with Crippen molar-refractivity contribution in [3.63, 3.8) is 0 Å². The largest absolute Gasteiger partial charge is 0.394 e. The van der Waals surface area contributed by atoms with Gasteiger partial charge in [-0.3, -0.25) is 10.5 Å². The van der Waals surface area contributed by atoms with E-state index in [1.165, 1.54) is 6.92 Å². The fourth-order valence-corrected chi connectivity index (χ4v) is 2.17. The summed E-state index contributed by atoms with van der Waals surface area (Å²) in [6, 6.07) is -1.26. The highest BCUT2D eigenvalue weighted by Gasteiger charge is 2.39. The van der Waals surface area contributed by atoms with E-state index in [-0.39, 0.29) is 12.3 Å². The highest BCUT2D eigenvalue weighted by Crippen LogP contribution is 2.16. The monoisotopic (exact) mass is 273 g/mol. The highest BCUT2D eigenvalue weighted by atomic mass is 16.3. The van der Waals surface area contributed by atoms with Gasteiger partial charge >= 0.3 is 0 Å². The van der Waals surface area contributed by atoms with Crippen molar-refractivity contribution in [2.24, 2.45) is 5.73 Å². The van der Waals surface area contributed by atoms with Crippen molar-refractivity contribution < 1.29 is 20.1 Å². The lowest BCUT2D eigenvalue weighted by Gasteiger charge is -2.42. The molecule has 2 rings (SSSR count). The summed E-state index contributed by atoms with van der Waals surface area (Å²) in [6.07, 6.45) is -2.86. The van der Waals surface area contributed by atoms with Gasteiger partial charge in [-0.1, -0.05) is 0 Å². The molecule has 2 aliphatic heterocycles. The Morgan fingerprint density at radius 3 is 2.53 bits per heavy atom. The topological polar surface area (TPSA) is 152 Å². The van der Waals surface area contributed by atoms with E-state index in [9.17, 15) is 20.1 Å². The van der Waals surface area contributed by atoms with Gasteiger partial charge in [0.05, 0.1) is 24.8 Å². The second-order valence-corrected chi connectivity index (χ2v) is 4.68. The average molecular weight is 273 g/mol. The minimum atomic E-state index is -1.14. The number of aliphatic hydroxyl groups is 3. The Morgan fingerprint density at radius 2 is 1.95 bits per heavy atom. The number of carbonyl (C=O) groups is 1. The molecule has 2 unspecified atom stereocenters. The fraction of sp³-hybridized carbons (Fsp3) is 0.700. The number of carbonyl (C=O) groups excluding carboxylic acids is 1. The predicted octanol–water partition coefficient (Wildman–Crippen LogP) is -4.22. The molecule has 19 heavy (non-hydrogen) atoms. The molecule has 5 atom stereocenters. The quantitative estimate of drug-likeness (QED) is 0.257. The zero-order valence-electron chi connectivity index (χ0n) is 10.4. The minimum Gasteiger partial charge on any atom is -0.394 e. The molecule has 0 aliphatic carbocycles. The molecule has 0 saturated carbocycles. The van der Waals surface area contributed by atoms with E-state index < -0.39 is 36.5 Å². The molecule has 108 valence electrons. The van der Waals surface area contributed by atoms with Crippen LogP contribution < -0.4 is 27.0 Å². The van der Waals surface area contributed by atoms with Gasteiger partial charge in [-0.05, 0) is 6.92 Å². The third kappa shape index (κ3) is 2.59. The second kappa shape index (κ2) is 5.21. The molecule has 0 aromatic heterocycles. The number of rotatable bonds is 3. The van der Waals surface area contributed by atoms with Crippen LogP contribution in [0.1, 0.15) is 6.92 Å². The maximum Gasteiger partial charge on any atom is 0.273 e. The molecular weight excluding hydrogens is 254 g/mol. The van der Waals surface area contributed by atoms with Gasteiger partial charge in [-0.2, -0.15) is 0 Å². The van der Waals surface area contributed by atoms with Gasteiger partial charge in [0.2, 0.25) is 0 Å². The Kier molecular flexibility index (Phi) is 3.80. The molecule has 2 aliphatic rings. The first-order valence-corrected chi connectivity index (χ1v) is 6.01. The van der Waals surface area contributed by atoms with E-state index in [1.807, 2.05) is 0 Å². The summed E-state index contributed by atoms with van der Waals surface area (Å²) in [5.41, 5.74) is 5.76. The van der Waals surface area contributed by atoms with Crippen molar-refractivity contribution in [1.82, 2.24) is 21.3 Å². The molecule has 0 spiro atoms. The Balaban J connectivity index is 2.24. The van der Waals surface area contributed by atoms with Gasteiger partial charge in [0.1, 0.15) is 17.6 Å². The number of amides is 1. The number of nitrogens with two attached hydrogens (primary N) is 1. The third-order valence-corrected chi connectivity index (χ3v) is 3.20. The molecule has 0 saturated heterocycles. The van der Waals surface area contributed by atoms with Crippen molar-refractivity contribution in [1.29, 1.82) is 0 Å². The van der Waals surface area contributed by atoms with E-state index in [0.29, 0.717) is 5.82 Å². The molecule has 9 heteroatoms. The van der Waals surface area contributed by atoms with Gasteiger partial charge in [0.15, 0.2) is 6.29 Å². The Labute approximate surface area is 109 Å². The molecule has 0 aromatic rings. The molecule has 2 heterocycles. The number of hydrogen-bond donors (Lipinski definition) is 8. The maximum absolute atomic E-state index is 11.8. The molecule has 1 amide bonds. The summed E-state index contributed by atoms with van der Waals surface area (Å²) in [5, 5.41) is 39.7. The number of aliphatic hydroxyl groups excluding tert-OH is 3. The smallest absolute Gasteiger partial charge is 0.273 e. The van der Waals surface area contributed by atoms with Crippen molar-refractivity contribution in [3.05, 3.63) is 11.5 Å². The number of nitrogens with one attached hydrogen (secondary N) is 4. The molecule has 0 aromatic carbocycles. The fourth-order valence-electron chi connectivity index (χ4n) is 2.17.